The molecule has 1 rings (SSSR count). The van der Waals surface area contributed by atoms with Crippen LogP contribution in [0.3, 0.4) is 0 Å². The number of rotatable bonds is 12. The molecule has 12 nitrogen and oxygen atoms in total. The summed E-state index contributed by atoms with van der Waals surface area (Å²) in [7, 11) is -9.82. The van der Waals surface area contributed by atoms with E-state index in [1.807, 2.05) is 0 Å². The van der Waals surface area contributed by atoms with E-state index in [9.17, 15) is 38.3 Å². The lowest BCUT2D eigenvalue weighted by Crippen LogP contribution is -2.13. The van der Waals surface area contributed by atoms with E-state index >= 15 is 0 Å². The van der Waals surface area contributed by atoms with E-state index in [0.29, 0.717) is 0 Å². The summed E-state index contributed by atoms with van der Waals surface area (Å²) in [4.78, 5) is 59.4. The number of hydrogen-bond acceptors (Lipinski definition) is 6. The van der Waals surface area contributed by atoms with Crippen LogP contribution in [0.25, 0.3) is 0 Å². The van der Waals surface area contributed by atoms with Crippen LogP contribution in [0.4, 0.5) is 0 Å². The summed E-state index contributed by atoms with van der Waals surface area (Å²) in [6.07, 6.45) is 0. The third-order valence-corrected chi connectivity index (χ3v) is 5.67. The molecule has 0 aliphatic rings. The van der Waals surface area contributed by atoms with Crippen molar-refractivity contribution in [2.75, 3.05) is 13.2 Å². The van der Waals surface area contributed by atoms with Gasteiger partial charge in [0.25, 0.3) is 0 Å². The number of benzene rings is 1. The SMILES string of the molecule is C=C(COC(c1ccc(C(OCC(=C)C(=O)O)P(=O)(O)O)cc1)P(=O)(O)O)C(=O)O. The zero-order valence-electron chi connectivity index (χ0n) is 15.3. The van der Waals surface area contributed by atoms with Gasteiger partial charge in [-0.15, -0.1) is 0 Å². The standard InChI is InChI=1S/C16H20O12P2/c1-9(13(17)18)7-27-15(29(21,22)23)11-3-5-12(6-4-11)16(30(24,25)26)28-8-10(2)14(19)20/h3-6,15-16H,1-2,7-8H2,(H,17,18)(H,19,20)(H2,21,22,23)(H2,24,25,26). The maximum absolute atomic E-state index is 11.7. The van der Waals surface area contributed by atoms with Crippen LogP contribution in [0.2, 0.25) is 0 Å². The molecule has 0 aliphatic carbocycles. The van der Waals surface area contributed by atoms with Crippen molar-refractivity contribution in [3.63, 3.8) is 0 Å². The molecule has 1 aromatic rings. The van der Waals surface area contributed by atoms with Crippen molar-refractivity contribution >= 4 is 27.1 Å². The molecular weight excluding hydrogens is 446 g/mol. The first-order valence-electron chi connectivity index (χ1n) is 7.90. The highest BCUT2D eigenvalue weighted by Crippen LogP contribution is 2.54. The van der Waals surface area contributed by atoms with Gasteiger partial charge in [-0.25, -0.2) is 9.59 Å². The molecule has 1 aromatic carbocycles. The van der Waals surface area contributed by atoms with Crippen LogP contribution >= 0.6 is 15.2 Å². The lowest BCUT2D eigenvalue weighted by Gasteiger charge is -2.22. The summed E-state index contributed by atoms with van der Waals surface area (Å²) in [5.74, 6) is -6.55. The summed E-state index contributed by atoms with van der Waals surface area (Å²) in [6, 6.07) is 4.39. The molecule has 166 valence electrons. The van der Waals surface area contributed by atoms with E-state index in [0.717, 1.165) is 24.3 Å². The number of ether oxygens (including phenoxy) is 2. The van der Waals surface area contributed by atoms with Crippen molar-refractivity contribution in [1.82, 2.24) is 0 Å². The second-order valence-electron chi connectivity index (χ2n) is 5.99. The second kappa shape index (κ2) is 10.3. The Bertz CT molecular complexity index is 836. The molecule has 0 amide bonds. The number of hydrogen-bond donors (Lipinski definition) is 6. The van der Waals surface area contributed by atoms with E-state index in [1.54, 1.807) is 0 Å². The van der Waals surface area contributed by atoms with Crippen LogP contribution in [-0.2, 0) is 28.2 Å². The predicted molar refractivity (Wildman–Crippen MR) is 101 cm³/mol. The molecule has 0 aliphatic heterocycles. The van der Waals surface area contributed by atoms with Gasteiger partial charge in [-0.2, -0.15) is 0 Å². The molecule has 0 heterocycles. The molecule has 14 heteroatoms. The first-order chi connectivity index (χ1) is 13.6. The van der Waals surface area contributed by atoms with E-state index in [1.165, 1.54) is 0 Å². The largest absolute Gasteiger partial charge is 0.478 e. The molecule has 0 aromatic heterocycles. The Morgan fingerprint density at radius 3 is 1.23 bits per heavy atom. The third kappa shape index (κ3) is 7.60. The molecule has 30 heavy (non-hydrogen) atoms. The lowest BCUT2D eigenvalue weighted by atomic mass is 10.1. The van der Waals surface area contributed by atoms with Gasteiger partial charge in [-0.05, 0) is 11.1 Å². The average Bonchev–Trinajstić information content (AvgIpc) is 2.60. The molecule has 2 unspecified atom stereocenters. The molecule has 0 fully saturated rings. The second-order valence-corrected chi connectivity index (χ2v) is 9.28. The van der Waals surface area contributed by atoms with Crippen molar-refractivity contribution in [3.05, 3.63) is 59.7 Å². The van der Waals surface area contributed by atoms with Crippen LogP contribution in [0.5, 0.6) is 0 Å². The zero-order valence-corrected chi connectivity index (χ0v) is 17.1. The van der Waals surface area contributed by atoms with Crippen LogP contribution in [-0.4, -0.2) is 54.9 Å². The minimum Gasteiger partial charge on any atom is -0.478 e. The van der Waals surface area contributed by atoms with Gasteiger partial charge in [0.05, 0.1) is 24.4 Å². The van der Waals surface area contributed by atoms with Gasteiger partial charge in [-0.1, -0.05) is 37.4 Å². The molecule has 0 saturated heterocycles. The van der Waals surface area contributed by atoms with Gasteiger partial charge in [0.1, 0.15) is 0 Å². The Kier molecular flexibility index (Phi) is 8.85. The van der Waals surface area contributed by atoms with Crippen molar-refractivity contribution < 1.29 is 58.0 Å². The van der Waals surface area contributed by atoms with Crippen LogP contribution in [0, 0.1) is 0 Å². The number of aliphatic carboxylic acids is 2. The minimum atomic E-state index is -4.91. The quantitative estimate of drug-likeness (QED) is 0.191. The maximum atomic E-state index is 11.7. The highest BCUT2D eigenvalue weighted by Gasteiger charge is 2.34. The first-order valence-corrected chi connectivity index (χ1v) is 11.3. The number of carboxylic acids is 2. The number of carboxylic acid groups (broad SMARTS) is 2. The van der Waals surface area contributed by atoms with Crippen molar-refractivity contribution in [1.29, 1.82) is 0 Å². The molecular formula is C16H20O12P2. The highest BCUT2D eigenvalue weighted by atomic mass is 31.2. The monoisotopic (exact) mass is 466 g/mol. The van der Waals surface area contributed by atoms with Crippen LogP contribution < -0.4 is 0 Å². The maximum Gasteiger partial charge on any atom is 0.358 e. The Balaban J connectivity index is 3.13. The average molecular weight is 466 g/mol. The lowest BCUT2D eigenvalue weighted by molar-refractivity contribution is -0.134. The van der Waals surface area contributed by atoms with Gasteiger partial charge < -0.3 is 39.3 Å². The summed E-state index contributed by atoms with van der Waals surface area (Å²) in [5.41, 5.74) is -1.10. The predicted octanol–water partition coefficient (Wildman–Crippen LogP) is 1.35. The summed E-state index contributed by atoms with van der Waals surface area (Å²) >= 11 is 0. The van der Waals surface area contributed by atoms with E-state index in [2.05, 4.69) is 13.2 Å². The van der Waals surface area contributed by atoms with E-state index in [4.69, 9.17) is 19.7 Å². The molecule has 6 N–H and O–H groups in total. The fraction of sp³-hybridized carbons (Fsp3) is 0.250. The van der Waals surface area contributed by atoms with Gasteiger partial charge in [0.2, 0.25) is 0 Å². The summed E-state index contributed by atoms with van der Waals surface area (Å²) in [6.45, 7) is 5.00. The van der Waals surface area contributed by atoms with Gasteiger partial charge in [0.15, 0.2) is 11.7 Å². The summed E-state index contributed by atoms with van der Waals surface area (Å²) in [5, 5.41) is 17.5. The first kappa shape index (κ1) is 25.9. The fourth-order valence-corrected chi connectivity index (χ4v) is 3.74. The third-order valence-electron chi connectivity index (χ3n) is 3.55. The van der Waals surface area contributed by atoms with Gasteiger partial charge in [-0.3, -0.25) is 9.13 Å². The normalized spacial score (nSPS) is 14.0. The molecule has 0 radical (unpaired) electrons. The molecule has 0 saturated carbocycles. The smallest absolute Gasteiger partial charge is 0.358 e. The van der Waals surface area contributed by atoms with Crippen molar-refractivity contribution in [3.8, 4) is 0 Å². The molecule has 2 atom stereocenters. The molecule has 0 spiro atoms. The van der Waals surface area contributed by atoms with E-state index < -0.39 is 63.2 Å². The fourth-order valence-electron chi connectivity index (χ4n) is 2.08. The van der Waals surface area contributed by atoms with E-state index in [-0.39, 0.29) is 11.1 Å². The minimum absolute atomic E-state index is 0.107. The van der Waals surface area contributed by atoms with Crippen LogP contribution in [0.1, 0.15) is 22.8 Å². The topological polar surface area (TPSA) is 208 Å². The Labute approximate surface area is 170 Å². The Hall–Kier alpha value is -2.14. The van der Waals surface area contributed by atoms with Crippen molar-refractivity contribution in [2.45, 2.75) is 11.7 Å². The van der Waals surface area contributed by atoms with Gasteiger partial charge >= 0.3 is 27.1 Å². The highest BCUT2D eigenvalue weighted by molar-refractivity contribution is 7.52. The summed E-state index contributed by atoms with van der Waals surface area (Å²) < 4.78 is 33.4. The Morgan fingerprint density at radius 2 is 1.03 bits per heavy atom. The van der Waals surface area contributed by atoms with Crippen LogP contribution in [0.15, 0.2) is 48.6 Å². The van der Waals surface area contributed by atoms with Crippen molar-refractivity contribution in [2.24, 2.45) is 0 Å². The Morgan fingerprint density at radius 1 is 0.767 bits per heavy atom. The zero-order chi connectivity index (χ0) is 23.3. The number of carbonyl (C=O) groups is 2. The molecule has 0 bridgehead atoms. The van der Waals surface area contributed by atoms with Gasteiger partial charge in [0, 0.05) is 0 Å².